The van der Waals surface area contributed by atoms with Crippen LogP contribution in [0.15, 0.2) is 36.5 Å². The fraction of sp³-hybridized carbons (Fsp3) is 0.0769. The van der Waals surface area contributed by atoms with Crippen molar-refractivity contribution in [2.75, 3.05) is 7.11 Å². The molecule has 0 saturated heterocycles. The van der Waals surface area contributed by atoms with E-state index in [0.29, 0.717) is 5.75 Å². The van der Waals surface area contributed by atoms with Gasteiger partial charge in [0.25, 0.3) is 0 Å². The van der Waals surface area contributed by atoms with Gasteiger partial charge in [-0.05, 0) is 12.1 Å². The number of aromatic carboxylic acids is 1. The van der Waals surface area contributed by atoms with Gasteiger partial charge in [0, 0.05) is 24.4 Å². The largest absolute Gasteiger partial charge is 0.497 e. The number of aromatic nitrogens is 1. The molecule has 0 aliphatic carbocycles. The van der Waals surface area contributed by atoms with E-state index in [2.05, 4.69) is 4.98 Å². The highest BCUT2D eigenvalue weighted by Crippen LogP contribution is 2.33. The Balaban J connectivity index is 2.33. The van der Waals surface area contributed by atoms with Crippen LogP contribution >= 0.6 is 0 Å². The van der Waals surface area contributed by atoms with Crippen molar-refractivity contribution in [3.05, 3.63) is 52.2 Å². The van der Waals surface area contributed by atoms with Crippen LogP contribution < -0.4 is 9.47 Å². The third-order valence-electron chi connectivity index (χ3n) is 2.56. The van der Waals surface area contributed by atoms with E-state index in [-0.39, 0.29) is 22.9 Å². The molecule has 21 heavy (non-hydrogen) atoms. The van der Waals surface area contributed by atoms with E-state index < -0.39 is 10.9 Å². The first-order chi connectivity index (χ1) is 10.0. The van der Waals surface area contributed by atoms with Crippen molar-refractivity contribution in [2.45, 2.75) is 0 Å². The number of carboxylic acids is 1. The van der Waals surface area contributed by atoms with Crippen LogP contribution in [0, 0.1) is 10.1 Å². The fourth-order valence-electron chi connectivity index (χ4n) is 1.53. The Bertz CT molecular complexity index is 684. The molecular formula is C13H10N2O6. The summed E-state index contributed by atoms with van der Waals surface area (Å²) < 4.78 is 10.3. The number of methoxy groups -OCH3 is 1. The minimum Gasteiger partial charge on any atom is -0.497 e. The number of pyridine rings is 1. The average Bonchev–Trinajstić information content (AvgIpc) is 2.47. The molecule has 2 aromatic rings. The fourth-order valence-corrected chi connectivity index (χ4v) is 1.53. The van der Waals surface area contributed by atoms with Crippen LogP contribution in [0.5, 0.6) is 17.4 Å². The molecule has 0 amide bonds. The van der Waals surface area contributed by atoms with E-state index in [4.69, 9.17) is 14.6 Å². The zero-order valence-electron chi connectivity index (χ0n) is 10.8. The van der Waals surface area contributed by atoms with Gasteiger partial charge < -0.3 is 14.6 Å². The number of nitro groups is 1. The Morgan fingerprint density at radius 2 is 2.10 bits per heavy atom. The zero-order chi connectivity index (χ0) is 15.4. The molecule has 2 rings (SSSR count). The number of hydrogen-bond donors (Lipinski definition) is 1. The maximum absolute atomic E-state index is 10.9. The lowest BCUT2D eigenvalue weighted by atomic mass is 10.2. The summed E-state index contributed by atoms with van der Waals surface area (Å²) in [4.78, 5) is 24.8. The molecule has 8 heteroatoms. The van der Waals surface area contributed by atoms with Crippen molar-refractivity contribution in [3.63, 3.8) is 0 Å². The molecule has 0 aliphatic heterocycles. The topological polar surface area (TPSA) is 112 Å². The summed E-state index contributed by atoms with van der Waals surface area (Å²) in [6, 6.07) is 6.64. The molecule has 0 radical (unpaired) electrons. The van der Waals surface area contributed by atoms with E-state index in [0.717, 1.165) is 6.20 Å². The molecular weight excluding hydrogens is 280 g/mol. The molecule has 1 aromatic carbocycles. The summed E-state index contributed by atoms with van der Waals surface area (Å²) in [5.41, 5.74) is -0.262. The highest BCUT2D eigenvalue weighted by atomic mass is 16.6. The van der Waals surface area contributed by atoms with Crippen LogP contribution in [0.2, 0.25) is 0 Å². The van der Waals surface area contributed by atoms with Gasteiger partial charge in [0.2, 0.25) is 11.6 Å². The molecule has 0 fully saturated rings. The minimum absolute atomic E-state index is 0.0116. The number of carboxylic acid groups (broad SMARTS) is 1. The van der Waals surface area contributed by atoms with E-state index in [1.807, 2.05) is 0 Å². The number of ether oxygens (including phenoxy) is 2. The monoisotopic (exact) mass is 290 g/mol. The first-order valence-corrected chi connectivity index (χ1v) is 5.71. The Morgan fingerprint density at radius 3 is 2.62 bits per heavy atom. The first-order valence-electron chi connectivity index (χ1n) is 5.71. The van der Waals surface area contributed by atoms with Crippen LogP contribution in [-0.4, -0.2) is 28.1 Å². The second-order valence-corrected chi connectivity index (χ2v) is 3.88. The van der Waals surface area contributed by atoms with Crippen LogP contribution in [0.4, 0.5) is 5.69 Å². The summed E-state index contributed by atoms with van der Waals surface area (Å²) in [7, 11) is 1.42. The zero-order valence-corrected chi connectivity index (χ0v) is 10.8. The molecule has 0 aliphatic rings. The maximum atomic E-state index is 10.9. The lowest BCUT2D eigenvalue weighted by Gasteiger charge is -2.07. The number of benzene rings is 1. The summed E-state index contributed by atoms with van der Waals surface area (Å²) in [5.74, 6) is -0.745. The number of hydrogen-bond acceptors (Lipinski definition) is 6. The van der Waals surface area contributed by atoms with Gasteiger partial charge in [-0.2, -0.15) is 0 Å². The third-order valence-corrected chi connectivity index (χ3v) is 2.56. The van der Waals surface area contributed by atoms with Crippen LogP contribution in [0.1, 0.15) is 10.4 Å². The van der Waals surface area contributed by atoms with Gasteiger partial charge in [-0.15, -0.1) is 0 Å². The van der Waals surface area contributed by atoms with Crippen LogP contribution in [0.25, 0.3) is 0 Å². The normalized spacial score (nSPS) is 9.95. The van der Waals surface area contributed by atoms with Gasteiger partial charge >= 0.3 is 11.7 Å². The summed E-state index contributed by atoms with van der Waals surface area (Å²) in [6.07, 6.45) is 1.10. The summed E-state index contributed by atoms with van der Waals surface area (Å²) in [6.45, 7) is 0. The molecule has 1 aromatic heterocycles. The summed E-state index contributed by atoms with van der Waals surface area (Å²) >= 11 is 0. The van der Waals surface area contributed by atoms with Crippen molar-refractivity contribution in [1.82, 2.24) is 4.98 Å². The van der Waals surface area contributed by atoms with Gasteiger partial charge in [-0.25, -0.2) is 9.78 Å². The minimum atomic E-state index is -1.12. The maximum Gasteiger partial charge on any atom is 0.337 e. The first kappa shape index (κ1) is 14.3. The Kier molecular flexibility index (Phi) is 3.98. The van der Waals surface area contributed by atoms with Gasteiger partial charge in [0.15, 0.2) is 0 Å². The lowest BCUT2D eigenvalue weighted by molar-refractivity contribution is -0.385. The van der Waals surface area contributed by atoms with E-state index in [1.54, 1.807) is 0 Å². The second kappa shape index (κ2) is 5.87. The molecule has 1 N–H and O–H groups in total. The van der Waals surface area contributed by atoms with Gasteiger partial charge in [0.05, 0.1) is 17.6 Å². The molecule has 0 unspecified atom stereocenters. The molecule has 8 nitrogen and oxygen atoms in total. The predicted molar refractivity (Wildman–Crippen MR) is 70.9 cm³/mol. The van der Waals surface area contributed by atoms with Gasteiger partial charge in [0.1, 0.15) is 5.75 Å². The molecule has 0 bridgehead atoms. The molecule has 108 valence electrons. The van der Waals surface area contributed by atoms with Crippen molar-refractivity contribution in [2.24, 2.45) is 0 Å². The Labute approximate surface area is 118 Å². The van der Waals surface area contributed by atoms with Crippen molar-refractivity contribution in [3.8, 4) is 17.4 Å². The standard InChI is InChI=1S/C13H10N2O6/c1-20-9-3-4-10(15(18)19)11(6-9)21-12-5-2-8(7-14-12)13(16)17/h2-7H,1H3,(H,16,17). The second-order valence-electron chi connectivity index (χ2n) is 3.88. The number of nitrogens with zero attached hydrogens (tertiary/aromatic N) is 2. The highest BCUT2D eigenvalue weighted by molar-refractivity contribution is 5.87. The smallest absolute Gasteiger partial charge is 0.337 e. The van der Waals surface area contributed by atoms with E-state index in [1.165, 1.54) is 37.4 Å². The summed E-state index contributed by atoms with van der Waals surface area (Å²) in [5, 5.41) is 19.7. The number of carbonyl (C=O) groups is 1. The van der Waals surface area contributed by atoms with Crippen molar-refractivity contribution in [1.29, 1.82) is 0 Å². The molecule has 1 heterocycles. The van der Waals surface area contributed by atoms with E-state index >= 15 is 0 Å². The average molecular weight is 290 g/mol. The predicted octanol–water partition coefficient (Wildman–Crippen LogP) is 2.49. The Morgan fingerprint density at radius 1 is 1.33 bits per heavy atom. The lowest BCUT2D eigenvalue weighted by Crippen LogP contribution is -1.99. The quantitative estimate of drug-likeness (QED) is 0.664. The molecule has 0 atom stereocenters. The highest BCUT2D eigenvalue weighted by Gasteiger charge is 2.17. The van der Waals surface area contributed by atoms with E-state index in [9.17, 15) is 14.9 Å². The molecule has 0 saturated carbocycles. The van der Waals surface area contributed by atoms with Crippen molar-refractivity contribution < 1.29 is 24.3 Å². The van der Waals surface area contributed by atoms with Gasteiger partial charge in [-0.1, -0.05) is 0 Å². The number of rotatable bonds is 5. The number of nitro benzene ring substituents is 1. The van der Waals surface area contributed by atoms with Crippen LogP contribution in [-0.2, 0) is 0 Å². The molecule has 0 spiro atoms. The SMILES string of the molecule is COc1ccc([N+](=O)[O-])c(Oc2ccc(C(=O)O)cn2)c1. The third kappa shape index (κ3) is 3.24. The Hall–Kier alpha value is -3.16. The van der Waals surface area contributed by atoms with Crippen molar-refractivity contribution >= 4 is 11.7 Å². The van der Waals surface area contributed by atoms with Crippen LogP contribution in [0.3, 0.4) is 0 Å². The van der Waals surface area contributed by atoms with Gasteiger partial charge in [-0.3, -0.25) is 10.1 Å².